The van der Waals surface area contributed by atoms with Crippen molar-refractivity contribution in [3.63, 3.8) is 0 Å². The van der Waals surface area contributed by atoms with Gasteiger partial charge >= 0.3 is 0 Å². The molecule has 24 heavy (non-hydrogen) atoms. The largest absolute Gasteiger partial charge is 0.358 e. The van der Waals surface area contributed by atoms with Gasteiger partial charge in [-0.3, -0.25) is 4.79 Å². The molecule has 0 aromatic heterocycles. The lowest BCUT2D eigenvalue weighted by molar-refractivity contribution is -0.116. The lowest BCUT2D eigenvalue weighted by atomic mass is 9.93. The highest BCUT2D eigenvalue weighted by Crippen LogP contribution is 2.22. The summed E-state index contributed by atoms with van der Waals surface area (Å²) in [4.78, 5) is 14.0. The Morgan fingerprint density at radius 2 is 2.04 bits per heavy atom. The normalized spacial score (nSPS) is 19.8. The van der Waals surface area contributed by atoms with Crippen LogP contribution in [-0.4, -0.2) is 34.0 Å². The Hall–Kier alpha value is -1.76. The minimum absolute atomic E-state index is 0.0350. The lowest BCUT2D eigenvalue weighted by Gasteiger charge is -2.44. The van der Waals surface area contributed by atoms with Crippen LogP contribution in [0.1, 0.15) is 40.0 Å². The molecule has 0 unspecified atom stereocenters. The molecule has 4 nitrogen and oxygen atoms in total. The van der Waals surface area contributed by atoms with Crippen LogP contribution in [0.2, 0.25) is 0 Å². The highest BCUT2D eigenvalue weighted by Gasteiger charge is 2.32. The second-order valence-electron chi connectivity index (χ2n) is 6.81. The van der Waals surface area contributed by atoms with Crippen LogP contribution in [-0.2, 0) is 4.79 Å². The van der Waals surface area contributed by atoms with Crippen LogP contribution in [0.4, 0.5) is 14.5 Å². The summed E-state index contributed by atoms with van der Waals surface area (Å²) in [7, 11) is 0. The standard InChI is InChI=1S/C17H23F2N3OS/c1-11-10-17(2,3)21-16(24)22(11)9-5-8-14(23)20-15-12(18)6-4-7-13(15)19/h4,6-7,11H,5,8-10H2,1-3H3,(H,20,23)(H,21,24)/t11-/m0/s1. The van der Waals surface area contributed by atoms with Gasteiger partial charge < -0.3 is 15.5 Å². The monoisotopic (exact) mass is 355 g/mol. The molecule has 1 amide bonds. The van der Waals surface area contributed by atoms with E-state index in [1.807, 2.05) is 0 Å². The summed E-state index contributed by atoms with van der Waals surface area (Å²) >= 11 is 5.39. The molecule has 1 fully saturated rings. The smallest absolute Gasteiger partial charge is 0.224 e. The molecule has 0 spiro atoms. The molecule has 0 aliphatic carbocycles. The van der Waals surface area contributed by atoms with E-state index in [0.29, 0.717) is 18.1 Å². The summed E-state index contributed by atoms with van der Waals surface area (Å²) in [5.41, 5.74) is -0.431. The van der Waals surface area contributed by atoms with Gasteiger partial charge in [-0.15, -0.1) is 0 Å². The SMILES string of the molecule is C[C@H]1CC(C)(C)NC(=S)N1CCCC(=O)Nc1c(F)cccc1F. The summed E-state index contributed by atoms with van der Waals surface area (Å²) in [5.74, 6) is -1.97. The molecule has 1 aromatic carbocycles. The van der Waals surface area contributed by atoms with Crippen molar-refractivity contribution >= 4 is 28.9 Å². The summed E-state index contributed by atoms with van der Waals surface area (Å²) in [6.45, 7) is 6.92. The van der Waals surface area contributed by atoms with Crippen molar-refractivity contribution in [2.45, 2.75) is 51.6 Å². The number of nitrogens with zero attached hydrogens (tertiary/aromatic N) is 1. The highest BCUT2D eigenvalue weighted by atomic mass is 32.1. The first-order valence-electron chi connectivity index (χ1n) is 8.02. The zero-order valence-electron chi connectivity index (χ0n) is 14.2. The quantitative estimate of drug-likeness (QED) is 0.795. The van der Waals surface area contributed by atoms with Gasteiger partial charge in [0.05, 0.1) is 0 Å². The Kier molecular flexibility index (Phi) is 5.74. The molecule has 1 aliphatic heterocycles. The number of thiocarbonyl (C=S) groups is 1. The van der Waals surface area contributed by atoms with E-state index >= 15 is 0 Å². The number of halogens is 2. The second-order valence-corrected chi connectivity index (χ2v) is 7.20. The first kappa shape index (κ1) is 18.6. The van der Waals surface area contributed by atoms with E-state index in [1.165, 1.54) is 6.07 Å². The van der Waals surface area contributed by atoms with Crippen LogP contribution < -0.4 is 10.6 Å². The average molecular weight is 355 g/mol. The van der Waals surface area contributed by atoms with Gasteiger partial charge in [-0.2, -0.15) is 0 Å². The van der Waals surface area contributed by atoms with Crippen LogP contribution in [0, 0.1) is 11.6 Å². The van der Waals surface area contributed by atoms with Crippen molar-refractivity contribution in [1.82, 2.24) is 10.2 Å². The van der Waals surface area contributed by atoms with Gasteiger partial charge in [0.2, 0.25) is 5.91 Å². The lowest BCUT2D eigenvalue weighted by Crippen LogP contribution is -2.60. The zero-order chi connectivity index (χ0) is 17.9. The fourth-order valence-electron chi connectivity index (χ4n) is 3.01. The first-order chi connectivity index (χ1) is 11.2. The number of nitrogens with one attached hydrogen (secondary N) is 2. The zero-order valence-corrected chi connectivity index (χ0v) is 15.0. The molecule has 2 N–H and O–H groups in total. The van der Waals surface area contributed by atoms with Gasteiger partial charge in [0.25, 0.3) is 0 Å². The van der Waals surface area contributed by atoms with E-state index in [0.717, 1.165) is 18.6 Å². The maximum Gasteiger partial charge on any atom is 0.224 e. The topological polar surface area (TPSA) is 44.4 Å². The predicted molar refractivity (Wildman–Crippen MR) is 94.8 cm³/mol. The molecular weight excluding hydrogens is 332 g/mol. The Morgan fingerprint density at radius 3 is 2.62 bits per heavy atom. The van der Waals surface area contributed by atoms with Crippen molar-refractivity contribution in [3.05, 3.63) is 29.8 Å². The molecule has 1 aliphatic rings. The Morgan fingerprint density at radius 1 is 1.42 bits per heavy atom. The van der Waals surface area contributed by atoms with Gasteiger partial charge in [0.15, 0.2) is 5.11 Å². The summed E-state index contributed by atoms with van der Waals surface area (Å²) in [6, 6.07) is 3.76. The fraction of sp³-hybridized carbons (Fsp3) is 0.529. The molecule has 1 heterocycles. The van der Waals surface area contributed by atoms with Gasteiger partial charge in [-0.1, -0.05) is 6.07 Å². The van der Waals surface area contributed by atoms with Crippen LogP contribution >= 0.6 is 12.2 Å². The number of amides is 1. The second kappa shape index (κ2) is 7.42. The van der Waals surface area contributed by atoms with E-state index in [4.69, 9.17) is 12.2 Å². The molecule has 7 heteroatoms. The molecule has 1 atom stereocenters. The number of hydrogen-bond acceptors (Lipinski definition) is 2. The molecular formula is C17H23F2N3OS. The predicted octanol–water partition coefficient (Wildman–Crippen LogP) is 3.43. The molecule has 2 rings (SSSR count). The van der Waals surface area contributed by atoms with Crippen LogP contribution in [0.3, 0.4) is 0 Å². The minimum atomic E-state index is -0.777. The van der Waals surface area contributed by atoms with Gasteiger partial charge in [0, 0.05) is 24.5 Å². The number of para-hydroxylation sites is 1. The number of benzene rings is 1. The van der Waals surface area contributed by atoms with Gasteiger partial charge in [0.1, 0.15) is 17.3 Å². The van der Waals surface area contributed by atoms with Crippen molar-refractivity contribution in [2.75, 3.05) is 11.9 Å². The molecule has 0 saturated carbocycles. The summed E-state index contributed by atoms with van der Waals surface area (Å²) < 4.78 is 27.0. The van der Waals surface area contributed by atoms with E-state index < -0.39 is 23.2 Å². The molecule has 132 valence electrons. The van der Waals surface area contributed by atoms with Crippen LogP contribution in [0.15, 0.2) is 18.2 Å². The maximum atomic E-state index is 13.5. The van der Waals surface area contributed by atoms with E-state index in [-0.39, 0.29) is 18.0 Å². The molecule has 0 radical (unpaired) electrons. The van der Waals surface area contributed by atoms with E-state index in [1.54, 1.807) is 0 Å². The average Bonchev–Trinajstić information content (AvgIpc) is 2.45. The molecule has 0 bridgehead atoms. The van der Waals surface area contributed by atoms with Gasteiger partial charge in [-0.25, -0.2) is 8.78 Å². The van der Waals surface area contributed by atoms with Crippen molar-refractivity contribution in [3.8, 4) is 0 Å². The van der Waals surface area contributed by atoms with Gasteiger partial charge in [-0.05, 0) is 58.0 Å². The summed E-state index contributed by atoms with van der Waals surface area (Å²) in [5, 5.41) is 6.26. The fourth-order valence-corrected chi connectivity index (χ4v) is 3.56. The third-order valence-electron chi connectivity index (χ3n) is 4.07. The molecule has 1 saturated heterocycles. The van der Waals surface area contributed by atoms with Crippen LogP contribution in [0.25, 0.3) is 0 Å². The number of rotatable bonds is 5. The van der Waals surface area contributed by atoms with Crippen molar-refractivity contribution < 1.29 is 13.6 Å². The van der Waals surface area contributed by atoms with E-state index in [9.17, 15) is 13.6 Å². The third-order valence-corrected chi connectivity index (χ3v) is 4.41. The first-order valence-corrected chi connectivity index (χ1v) is 8.43. The minimum Gasteiger partial charge on any atom is -0.358 e. The van der Waals surface area contributed by atoms with Crippen molar-refractivity contribution in [1.29, 1.82) is 0 Å². The van der Waals surface area contributed by atoms with Crippen molar-refractivity contribution in [2.24, 2.45) is 0 Å². The maximum absolute atomic E-state index is 13.5. The Bertz CT molecular complexity index is 616. The Balaban J connectivity index is 1.84. The number of carbonyl (C=O) groups is 1. The molecule has 1 aromatic rings. The Labute approximate surface area is 146 Å². The number of anilines is 1. The van der Waals surface area contributed by atoms with E-state index in [2.05, 4.69) is 36.3 Å². The number of hydrogen-bond donors (Lipinski definition) is 2. The van der Waals surface area contributed by atoms with Crippen LogP contribution in [0.5, 0.6) is 0 Å². The third kappa shape index (κ3) is 4.63. The number of carbonyl (C=O) groups excluding carboxylic acids is 1. The summed E-state index contributed by atoms with van der Waals surface area (Å²) in [6.07, 6.45) is 1.66. The highest BCUT2D eigenvalue weighted by molar-refractivity contribution is 7.80.